The summed E-state index contributed by atoms with van der Waals surface area (Å²) < 4.78 is 0. The van der Waals surface area contributed by atoms with Crippen molar-refractivity contribution in [2.45, 2.75) is 13.5 Å². The van der Waals surface area contributed by atoms with Crippen molar-refractivity contribution in [2.24, 2.45) is 0 Å². The lowest BCUT2D eigenvalue weighted by atomic mass is 10.1. The Hall–Kier alpha value is -3.27. The highest BCUT2D eigenvalue weighted by Crippen LogP contribution is 2.21. The summed E-state index contributed by atoms with van der Waals surface area (Å²) in [6.45, 7) is 6.14. The van der Waals surface area contributed by atoms with Crippen LogP contribution >= 0.6 is 0 Å². The number of carbonyl (C=O) groups is 1. The summed E-state index contributed by atoms with van der Waals surface area (Å²) in [5, 5.41) is 3.48. The maximum Gasteiger partial charge on any atom is 0.253 e. The summed E-state index contributed by atoms with van der Waals surface area (Å²) in [6.07, 6.45) is 0. The molecule has 29 heavy (non-hydrogen) atoms. The highest BCUT2D eigenvalue weighted by Gasteiger charge is 2.22. The molecule has 1 N–H and O–H groups in total. The quantitative estimate of drug-likeness (QED) is 0.699. The zero-order valence-corrected chi connectivity index (χ0v) is 16.8. The SMILES string of the molecule is Cc1ccc(CNc2ccc(N3CCN(C(=O)c4ccccc4)CC3)cc2)cc1. The van der Waals surface area contributed by atoms with Crippen molar-refractivity contribution >= 4 is 17.3 Å². The number of piperazine rings is 1. The van der Waals surface area contributed by atoms with Crippen molar-refractivity contribution < 1.29 is 4.79 Å². The fourth-order valence-electron chi connectivity index (χ4n) is 3.63. The topological polar surface area (TPSA) is 35.6 Å². The molecular formula is C25H27N3O. The van der Waals surface area contributed by atoms with Crippen LogP contribution < -0.4 is 10.2 Å². The van der Waals surface area contributed by atoms with Crippen LogP contribution in [-0.4, -0.2) is 37.0 Å². The molecular weight excluding hydrogens is 358 g/mol. The molecule has 1 saturated heterocycles. The smallest absolute Gasteiger partial charge is 0.253 e. The predicted molar refractivity (Wildman–Crippen MR) is 120 cm³/mol. The second-order valence-corrected chi connectivity index (χ2v) is 7.53. The Morgan fingerprint density at radius 3 is 2.14 bits per heavy atom. The zero-order chi connectivity index (χ0) is 20.1. The van der Waals surface area contributed by atoms with E-state index in [1.807, 2.05) is 35.2 Å². The summed E-state index contributed by atoms with van der Waals surface area (Å²) in [6, 6.07) is 26.7. The Morgan fingerprint density at radius 1 is 0.828 bits per heavy atom. The van der Waals surface area contributed by atoms with Crippen LogP contribution in [0, 0.1) is 6.92 Å². The van der Waals surface area contributed by atoms with Crippen LogP contribution in [0.15, 0.2) is 78.9 Å². The maximum absolute atomic E-state index is 12.6. The third kappa shape index (κ3) is 4.77. The monoisotopic (exact) mass is 385 g/mol. The van der Waals surface area contributed by atoms with Gasteiger partial charge in [0.15, 0.2) is 0 Å². The van der Waals surface area contributed by atoms with E-state index in [2.05, 4.69) is 65.7 Å². The molecule has 3 aromatic carbocycles. The standard InChI is InChI=1S/C25H27N3O/c1-20-7-9-21(10-8-20)19-26-23-11-13-24(14-12-23)27-15-17-28(18-16-27)25(29)22-5-3-2-4-6-22/h2-14,26H,15-19H2,1H3. The van der Waals surface area contributed by atoms with Gasteiger partial charge in [0, 0.05) is 49.7 Å². The summed E-state index contributed by atoms with van der Waals surface area (Å²) >= 11 is 0. The van der Waals surface area contributed by atoms with Crippen LogP contribution in [0.4, 0.5) is 11.4 Å². The lowest BCUT2D eigenvalue weighted by Gasteiger charge is -2.36. The van der Waals surface area contributed by atoms with Gasteiger partial charge in [-0.25, -0.2) is 0 Å². The zero-order valence-electron chi connectivity index (χ0n) is 16.8. The first-order valence-electron chi connectivity index (χ1n) is 10.2. The van der Waals surface area contributed by atoms with Gasteiger partial charge in [0.1, 0.15) is 0 Å². The highest BCUT2D eigenvalue weighted by atomic mass is 16.2. The third-order valence-electron chi connectivity index (χ3n) is 5.44. The van der Waals surface area contributed by atoms with Gasteiger partial charge in [0.25, 0.3) is 5.91 Å². The van der Waals surface area contributed by atoms with E-state index in [0.29, 0.717) is 0 Å². The van der Waals surface area contributed by atoms with E-state index in [1.165, 1.54) is 16.8 Å². The first-order valence-corrected chi connectivity index (χ1v) is 10.2. The molecule has 4 heteroatoms. The number of carbonyl (C=O) groups excluding carboxylic acids is 1. The van der Waals surface area contributed by atoms with E-state index < -0.39 is 0 Å². The van der Waals surface area contributed by atoms with E-state index in [0.717, 1.165) is 44.0 Å². The van der Waals surface area contributed by atoms with Crippen LogP contribution in [0.1, 0.15) is 21.5 Å². The molecule has 0 radical (unpaired) electrons. The molecule has 0 atom stereocenters. The molecule has 1 aliphatic rings. The van der Waals surface area contributed by atoms with Crippen molar-refractivity contribution in [3.8, 4) is 0 Å². The summed E-state index contributed by atoms with van der Waals surface area (Å²) in [5.74, 6) is 0.126. The number of benzene rings is 3. The molecule has 148 valence electrons. The highest BCUT2D eigenvalue weighted by molar-refractivity contribution is 5.94. The fraction of sp³-hybridized carbons (Fsp3) is 0.240. The number of rotatable bonds is 5. The minimum atomic E-state index is 0.126. The molecule has 1 heterocycles. The van der Waals surface area contributed by atoms with E-state index in [1.54, 1.807) is 0 Å². The van der Waals surface area contributed by atoms with Crippen molar-refractivity contribution in [2.75, 3.05) is 36.4 Å². The van der Waals surface area contributed by atoms with Gasteiger partial charge in [0.2, 0.25) is 0 Å². The molecule has 0 saturated carbocycles. The summed E-state index contributed by atoms with van der Waals surface area (Å²) in [4.78, 5) is 16.9. The summed E-state index contributed by atoms with van der Waals surface area (Å²) in [5.41, 5.74) is 5.65. The number of hydrogen-bond donors (Lipinski definition) is 1. The molecule has 4 nitrogen and oxygen atoms in total. The van der Waals surface area contributed by atoms with Crippen LogP contribution in [-0.2, 0) is 6.54 Å². The number of hydrogen-bond acceptors (Lipinski definition) is 3. The molecule has 1 fully saturated rings. The van der Waals surface area contributed by atoms with Gasteiger partial charge in [-0.3, -0.25) is 4.79 Å². The van der Waals surface area contributed by atoms with E-state index in [9.17, 15) is 4.79 Å². The second kappa shape index (κ2) is 8.82. The van der Waals surface area contributed by atoms with Crippen molar-refractivity contribution in [3.63, 3.8) is 0 Å². The lowest BCUT2D eigenvalue weighted by molar-refractivity contribution is 0.0747. The van der Waals surface area contributed by atoms with E-state index >= 15 is 0 Å². The van der Waals surface area contributed by atoms with Gasteiger partial charge in [-0.15, -0.1) is 0 Å². The average Bonchev–Trinajstić information content (AvgIpc) is 2.79. The Labute approximate surface area is 172 Å². The Bertz CT molecular complexity index is 928. The van der Waals surface area contributed by atoms with Gasteiger partial charge in [-0.1, -0.05) is 48.0 Å². The minimum Gasteiger partial charge on any atom is -0.381 e. The number of aryl methyl sites for hydroxylation is 1. The Balaban J connectivity index is 1.30. The largest absolute Gasteiger partial charge is 0.381 e. The van der Waals surface area contributed by atoms with Crippen LogP contribution in [0.2, 0.25) is 0 Å². The van der Waals surface area contributed by atoms with Gasteiger partial charge in [-0.05, 0) is 48.9 Å². The summed E-state index contributed by atoms with van der Waals surface area (Å²) in [7, 11) is 0. The molecule has 0 bridgehead atoms. The first-order chi connectivity index (χ1) is 14.2. The van der Waals surface area contributed by atoms with Gasteiger partial charge >= 0.3 is 0 Å². The van der Waals surface area contributed by atoms with Crippen molar-refractivity contribution in [1.29, 1.82) is 0 Å². The molecule has 0 aliphatic carbocycles. The molecule has 0 spiro atoms. The number of nitrogens with zero attached hydrogens (tertiary/aromatic N) is 2. The molecule has 4 rings (SSSR count). The molecule has 1 amide bonds. The van der Waals surface area contributed by atoms with Gasteiger partial charge in [-0.2, -0.15) is 0 Å². The number of anilines is 2. The van der Waals surface area contributed by atoms with E-state index in [-0.39, 0.29) is 5.91 Å². The molecule has 0 unspecified atom stereocenters. The van der Waals surface area contributed by atoms with Gasteiger partial charge in [0.05, 0.1) is 0 Å². The van der Waals surface area contributed by atoms with Crippen LogP contribution in [0.25, 0.3) is 0 Å². The van der Waals surface area contributed by atoms with Gasteiger partial charge < -0.3 is 15.1 Å². The molecule has 0 aromatic heterocycles. The lowest BCUT2D eigenvalue weighted by Crippen LogP contribution is -2.48. The number of amides is 1. The maximum atomic E-state index is 12.6. The first kappa shape index (κ1) is 19.1. The Morgan fingerprint density at radius 2 is 1.48 bits per heavy atom. The second-order valence-electron chi connectivity index (χ2n) is 7.53. The molecule has 1 aliphatic heterocycles. The normalized spacial score (nSPS) is 14.0. The van der Waals surface area contributed by atoms with Crippen molar-refractivity contribution in [1.82, 2.24) is 4.90 Å². The van der Waals surface area contributed by atoms with E-state index in [4.69, 9.17) is 0 Å². The minimum absolute atomic E-state index is 0.126. The third-order valence-corrected chi connectivity index (χ3v) is 5.44. The predicted octanol–water partition coefficient (Wildman–Crippen LogP) is 4.57. The molecule has 3 aromatic rings. The fourth-order valence-corrected chi connectivity index (χ4v) is 3.63. The Kier molecular flexibility index (Phi) is 5.80. The van der Waals surface area contributed by atoms with Crippen molar-refractivity contribution in [3.05, 3.63) is 95.6 Å². The average molecular weight is 386 g/mol. The number of nitrogens with one attached hydrogen (secondary N) is 1. The van der Waals surface area contributed by atoms with Crippen LogP contribution in [0.3, 0.4) is 0 Å². The van der Waals surface area contributed by atoms with Crippen LogP contribution in [0.5, 0.6) is 0 Å².